The highest BCUT2D eigenvalue weighted by molar-refractivity contribution is 6.30. The van der Waals surface area contributed by atoms with Crippen LogP contribution >= 0.6 is 11.6 Å². The topological polar surface area (TPSA) is 20.2 Å². The number of halogens is 1. The third kappa shape index (κ3) is 3.73. The van der Waals surface area contributed by atoms with Gasteiger partial charge in [-0.2, -0.15) is 0 Å². The lowest BCUT2D eigenvalue weighted by atomic mass is 9.71. The molecule has 0 radical (unpaired) electrons. The van der Waals surface area contributed by atoms with Crippen LogP contribution < -0.4 is 0 Å². The molecule has 0 saturated heterocycles. The predicted octanol–water partition coefficient (Wildman–Crippen LogP) is 4.46. The minimum atomic E-state index is -0.223. The van der Waals surface area contributed by atoms with Crippen LogP contribution in [0.4, 0.5) is 0 Å². The molecule has 0 bridgehead atoms. The van der Waals surface area contributed by atoms with E-state index in [-0.39, 0.29) is 6.10 Å². The molecule has 1 aliphatic carbocycles. The molecule has 1 saturated carbocycles. The van der Waals surface area contributed by atoms with Gasteiger partial charge in [0.25, 0.3) is 0 Å². The van der Waals surface area contributed by atoms with Crippen LogP contribution in [0.15, 0.2) is 24.3 Å². The van der Waals surface area contributed by atoms with Gasteiger partial charge in [-0.3, -0.25) is 0 Å². The van der Waals surface area contributed by atoms with E-state index in [1.54, 1.807) is 0 Å². The molecule has 2 heteroatoms. The molecule has 1 nitrogen and oxygen atoms in total. The van der Waals surface area contributed by atoms with E-state index in [2.05, 4.69) is 13.8 Å². The first-order chi connectivity index (χ1) is 8.46. The van der Waals surface area contributed by atoms with Crippen molar-refractivity contribution in [1.29, 1.82) is 0 Å². The smallest absolute Gasteiger partial charge is 0.0608 e. The van der Waals surface area contributed by atoms with E-state index >= 15 is 0 Å². The van der Waals surface area contributed by atoms with Crippen molar-refractivity contribution in [1.82, 2.24) is 0 Å². The van der Waals surface area contributed by atoms with Gasteiger partial charge in [0.1, 0.15) is 0 Å². The Hall–Kier alpha value is -0.530. The largest absolute Gasteiger partial charge is 0.392 e. The molecule has 1 N–H and O–H groups in total. The maximum absolute atomic E-state index is 10.3. The van der Waals surface area contributed by atoms with Crippen molar-refractivity contribution in [3.05, 3.63) is 34.9 Å². The molecule has 100 valence electrons. The fraction of sp³-hybridized carbons (Fsp3) is 0.625. The molecular formula is C16H23ClO. The fourth-order valence-corrected chi connectivity index (χ4v) is 3.09. The van der Waals surface area contributed by atoms with E-state index in [1.807, 2.05) is 24.3 Å². The minimum Gasteiger partial charge on any atom is -0.392 e. The first-order valence-electron chi connectivity index (χ1n) is 6.89. The van der Waals surface area contributed by atoms with Crippen LogP contribution in [-0.2, 0) is 6.42 Å². The van der Waals surface area contributed by atoms with Gasteiger partial charge >= 0.3 is 0 Å². The Morgan fingerprint density at radius 3 is 2.61 bits per heavy atom. The summed E-state index contributed by atoms with van der Waals surface area (Å²) in [5.74, 6) is 0.456. The van der Waals surface area contributed by atoms with Gasteiger partial charge in [0, 0.05) is 5.02 Å². The average molecular weight is 267 g/mol. The minimum absolute atomic E-state index is 0.223. The molecule has 0 heterocycles. The molecule has 1 unspecified atom stereocenters. The van der Waals surface area contributed by atoms with Crippen LogP contribution in [0.5, 0.6) is 0 Å². The van der Waals surface area contributed by atoms with E-state index in [9.17, 15) is 5.11 Å². The van der Waals surface area contributed by atoms with Crippen LogP contribution in [0.2, 0.25) is 5.02 Å². The van der Waals surface area contributed by atoms with E-state index in [0.29, 0.717) is 11.3 Å². The van der Waals surface area contributed by atoms with Gasteiger partial charge in [-0.15, -0.1) is 0 Å². The Morgan fingerprint density at radius 2 is 2.00 bits per heavy atom. The standard InChI is InChI=1S/C16H23ClO/c1-16(2)8-6-13(7-9-16)15(18)11-12-4-3-5-14(17)10-12/h3-5,10,13,15,18H,6-9,11H2,1-2H3. The Labute approximate surface area is 115 Å². The first kappa shape index (κ1) is 13.9. The second-order valence-corrected chi connectivity index (χ2v) is 6.84. The van der Waals surface area contributed by atoms with Gasteiger partial charge < -0.3 is 5.11 Å². The normalized spacial score (nSPS) is 21.8. The SMILES string of the molecule is CC1(C)CCC(C(O)Cc2cccc(Cl)c2)CC1. The van der Waals surface area contributed by atoms with E-state index < -0.39 is 0 Å². The maximum atomic E-state index is 10.3. The first-order valence-corrected chi connectivity index (χ1v) is 7.27. The summed E-state index contributed by atoms with van der Waals surface area (Å²) in [5, 5.41) is 11.1. The Morgan fingerprint density at radius 1 is 1.33 bits per heavy atom. The summed E-state index contributed by atoms with van der Waals surface area (Å²) in [6, 6.07) is 7.83. The molecule has 18 heavy (non-hydrogen) atoms. The van der Waals surface area contributed by atoms with Crippen molar-refractivity contribution in [2.24, 2.45) is 11.3 Å². The van der Waals surface area contributed by atoms with Gasteiger partial charge in [-0.05, 0) is 61.1 Å². The summed E-state index contributed by atoms with van der Waals surface area (Å²) < 4.78 is 0. The molecule has 1 aromatic carbocycles. The molecule has 2 rings (SSSR count). The predicted molar refractivity (Wildman–Crippen MR) is 76.9 cm³/mol. The Balaban J connectivity index is 1.91. The number of aliphatic hydroxyl groups is 1. The molecule has 1 atom stereocenters. The molecule has 0 aromatic heterocycles. The molecule has 1 aromatic rings. The number of benzene rings is 1. The lowest BCUT2D eigenvalue weighted by Gasteiger charge is -2.36. The van der Waals surface area contributed by atoms with Crippen molar-refractivity contribution >= 4 is 11.6 Å². The molecule has 0 aliphatic heterocycles. The average Bonchev–Trinajstić information content (AvgIpc) is 2.28. The highest BCUT2D eigenvalue weighted by Crippen LogP contribution is 2.39. The number of aliphatic hydroxyl groups excluding tert-OH is 1. The van der Waals surface area contributed by atoms with Gasteiger partial charge in [0.2, 0.25) is 0 Å². The summed E-state index contributed by atoms with van der Waals surface area (Å²) >= 11 is 5.97. The maximum Gasteiger partial charge on any atom is 0.0608 e. The zero-order chi connectivity index (χ0) is 13.2. The van der Waals surface area contributed by atoms with Crippen LogP contribution in [0.3, 0.4) is 0 Å². The van der Waals surface area contributed by atoms with Crippen molar-refractivity contribution in [2.75, 3.05) is 0 Å². The van der Waals surface area contributed by atoms with E-state index in [0.717, 1.165) is 29.8 Å². The molecule has 1 aliphatic rings. The third-order valence-electron chi connectivity index (χ3n) is 4.26. The third-order valence-corrected chi connectivity index (χ3v) is 4.50. The summed E-state index contributed by atoms with van der Waals surface area (Å²) in [7, 11) is 0. The lowest BCUT2D eigenvalue weighted by molar-refractivity contribution is 0.0576. The molecule has 1 fully saturated rings. The summed E-state index contributed by atoms with van der Waals surface area (Å²) in [4.78, 5) is 0. The summed E-state index contributed by atoms with van der Waals surface area (Å²) in [6.45, 7) is 4.65. The molecule has 0 amide bonds. The van der Waals surface area contributed by atoms with E-state index in [4.69, 9.17) is 11.6 Å². The fourth-order valence-electron chi connectivity index (χ4n) is 2.88. The zero-order valence-corrected chi connectivity index (χ0v) is 12.1. The number of hydrogen-bond acceptors (Lipinski definition) is 1. The zero-order valence-electron chi connectivity index (χ0n) is 11.3. The Kier molecular flexibility index (Phi) is 4.34. The van der Waals surface area contributed by atoms with Crippen LogP contribution in [0.25, 0.3) is 0 Å². The van der Waals surface area contributed by atoms with Crippen LogP contribution in [-0.4, -0.2) is 11.2 Å². The number of rotatable bonds is 3. The van der Waals surface area contributed by atoms with Gasteiger partial charge in [0.05, 0.1) is 6.10 Å². The highest BCUT2D eigenvalue weighted by Gasteiger charge is 2.30. The van der Waals surface area contributed by atoms with Crippen molar-refractivity contribution in [3.63, 3.8) is 0 Å². The summed E-state index contributed by atoms with van der Waals surface area (Å²) in [6.07, 6.45) is 5.25. The van der Waals surface area contributed by atoms with Gasteiger partial charge in [0.15, 0.2) is 0 Å². The monoisotopic (exact) mass is 266 g/mol. The molecule has 0 spiro atoms. The van der Waals surface area contributed by atoms with Gasteiger partial charge in [-0.1, -0.05) is 37.6 Å². The van der Waals surface area contributed by atoms with Crippen molar-refractivity contribution in [2.45, 2.75) is 52.1 Å². The van der Waals surface area contributed by atoms with Crippen LogP contribution in [0.1, 0.15) is 45.1 Å². The Bertz CT molecular complexity index is 390. The van der Waals surface area contributed by atoms with Crippen molar-refractivity contribution in [3.8, 4) is 0 Å². The second-order valence-electron chi connectivity index (χ2n) is 6.40. The second kappa shape index (κ2) is 5.63. The molecular weight excluding hydrogens is 244 g/mol. The number of hydrogen-bond donors (Lipinski definition) is 1. The highest BCUT2D eigenvalue weighted by atomic mass is 35.5. The van der Waals surface area contributed by atoms with Crippen LogP contribution in [0, 0.1) is 11.3 Å². The van der Waals surface area contributed by atoms with Gasteiger partial charge in [-0.25, -0.2) is 0 Å². The van der Waals surface area contributed by atoms with E-state index in [1.165, 1.54) is 12.8 Å². The summed E-state index contributed by atoms with van der Waals surface area (Å²) in [5.41, 5.74) is 1.60. The van der Waals surface area contributed by atoms with Crippen molar-refractivity contribution < 1.29 is 5.11 Å². The quantitative estimate of drug-likeness (QED) is 0.856. The lowest BCUT2D eigenvalue weighted by Crippen LogP contribution is -2.30.